The van der Waals surface area contributed by atoms with Crippen LogP contribution in [0.5, 0.6) is 0 Å². The Hall–Kier alpha value is -2.34. The van der Waals surface area contributed by atoms with Crippen molar-refractivity contribution in [2.24, 2.45) is 7.05 Å². The molecule has 1 heterocycles. The summed E-state index contributed by atoms with van der Waals surface area (Å²) >= 11 is 0. The van der Waals surface area contributed by atoms with Gasteiger partial charge in [0.15, 0.2) is 0 Å². The van der Waals surface area contributed by atoms with Gasteiger partial charge in [0, 0.05) is 36.6 Å². The van der Waals surface area contributed by atoms with Crippen molar-refractivity contribution in [3.8, 4) is 0 Å². The highest BCUT2D eigenvalue weighted by Gasteiger charge is 2.13. The number of carbonyl (C=O) groups excluding carboxylic acids is 1. The molecule has 0 aliphatic heterocycles. The van der Waals surface area contributed by atoms with Crippen LogP contribution in [0.1, 0.15) is 34.5 Å². The number of carbonyl (C=O) groups is 1. The van der Waals surface area contributed by atoms with Crippen LogP contribution in [0.4, 0.5) is 5.69 Å². The largest absolute Gasteiger partial charge is 0.395 e. The number of hydrogen-bond donors (Lipinski definition) is 3. The summed E-state index contributed by atoms with van der Waals surface area (Å²) in [7, 11) is 1.88. The summed E-state index contributed by atoms with van der Waals surface area (Å²) < 4.78 is 1.76. The van der Waals surface area contributed by atoms with Gasteiger partial charge in [0.2, 0.25) is 0 Å². The molecule has 0 bridgehead atoms. The molecule has 0 saturated heterocycles. The summed E-state index contributed by atoms with van der Waals surface area (Å²) in [6.07, 6.45) is 3.79. The third-order valence-electron chi connectivity index (χ3n) is 3.57. The molecule has 1 aromatic heterocycles. The van der Waals surface area contributed by atoms with Gasteiger partial charge in [-0.1, -0.05) is 6.07 Å². The molecule has 0 spiro atoms. The first kappa shape index (κ1) is 16.0. The fourth-order valence-corrected chi connectivity index (χ4v) is 2.28. The van der Waals surface area contributed by atoms with E-state index in [1.54, 1.807) is 10.7 Å². The number of rotatable bonds is 6. The van der Waals surface area contributed by atoms with E-state index in [2.05, 4.69) is 22.7 Å². The van der Waals surface area contributed by atoms with E-state index in [0.717, 1.165) is 16.8 Å². The zero-order chi connectivity index (χ0) is 16.1. The molecule has 0 radical (unpaired) electrons. The van der Waals surface area contributed by atoms with Gasteiger partial charge in [-0.3, -0.25) is 9.48 Å². The van der Waals surface area contributed by atoms with Crippen LogP contribution in [0.2, 0.25) is 0 Å². The minimum atomic E-state index is -0.177. The number of aliphatic hydroxyl groups excluding tert-OH is 1. The number of nitrogens with zero attached hydrogens (tertiary/aromatic N) is 2. The van der Waals surface area contributed by atoms with Crippen LogP contribution in [-0.4, -0.2) is 33.9 Å². The lowest BCUT2D eigenvalue weighted by Crippen LogP contribution is -2.27. The highest BCUT2D eigenvalue weighted by molar-refractivity contribution is 5.97. The molecule has 6 nitrogen and oxygen atoms in total. The summed E-state index contributed by atoms with van der Waals surface area (Å²) in [6, 6.07) is 5.66. The molecule has 6 heteroatoms. The number of hydrogen-bond acceptors (Lipinski definition) is 4. The highest BCUT2D eigenvalue weighted by Crippen LogP contribution is 2.24. The topological polar surface area (TPSA) is 79.2 Å². The van der Waals surface area contributed by atoms with Gasteiger partial charge in [-0.2, -0.15) is 5.10 Å². The molecule has 2 rings (SSSR count). The van der Waals surface area contributed by atoms with Crippen molar-refractivity contribution in [1.29, 1.82) is 0 Å². The monoisotopic (exact) mass is 302 g/mol. The lowest BCUT2D eigenvalue weighted by atomic mass is 10.0. The third-order valence-corrected chi connectivity index (χ3v) is 3.57. The maximum Gasteiger partial charge on any atom is 0.251 e. The van der Waals surface area contributed by atoms with Crippen molar-refractivity contribution in [3.63, 3.8) is 0 Å². The van der Waals surface area contributed by atoms with Crippen molar-refractivity contribution < 1.29 is 9.90 Å². The Morgan fingerprint density at radius 1 is 1.45 bits per heavy atom. The maximum absolute atomic E-state index is 12.1. The Kier molecular flexibility index (Phi) is 5.16. The van der Waals surface area contributed by atoms with Gasteiger partial charge in [-0.25, -0.2) is 0 Å². The number of aliphatic hydroxyl groups is 1. The minimum absolute atomic E-state index is 0.0687. The van der Waals surface area contributed by atoms with Crippen molar-refractivity contribution >= 4 is 11.6 Å². The second-order valence-corrected chi connectivity index (χ2v) is 5.27. The zero-order valence-electron chi connectivity index (χ0n) is 13.1. The second-order valence-electron chi connectivity index (χ2n) is 5.27. The number of amides is 1. The van der Waals surface area contributed by atoms with Crippen molar-refractivity contribution in [2.75, 3.05) is 18.5 Å². The van der Waals surface area contributed by atoms with E-state index >= 15 is 0 Å². The third kappa shape index (κ3) is 3.65. The van der Waals surface area contributed by atoms with Gasteiger partial charge in [-0.15, -0.1) is 0 Å². The van der Waals surface area contributed by atoms with Crippen LogP contribution in [0.25, 0.3) is 0 Å². The van der Waals surface area contributed by atoms with Crippen LogP contribution < -0.4 is 10.6 Å². The lowest BCUT2D eigenvalue weighted by molar-refractivity contribution is 0.0944. The molecule has 0 aliphatic rings. The smallest absolute Gasteiger partial charge is 0.251 e. The van der Waals surface area contributed by atoms with Gasteiger partial charge < -0.3 is 15.7 Å². The van der Waals surface area contributed by atoms with E-state index in [0.29, 0.717) is 5.56 Å². The molecule has 22 heavy (non-hydrogen) atoms. The van der Waals surface area contributed by atoms with Gasteiger partial charge in [-0.05, 0) is 31.5 Å². The van der Waals surface area contributed by atoms with Crippen LogP contribution in [-0.2, 0) is 7.05 Å². The van der Waals surface area contributed by atoms with Gasteiger partial charge in [0.1, 0.15) is 0 Å². The fraction of sp³-hybridized carbons (Fsp3) is 0.375. The number of nitrogens with one attached hydrogen (secondary N) is 2. The molecule has 0 fully saturated rings. The Morgan fingerprint density at radius 3 is 2.86 bits per heavy atom. The van der Waals surface area contributed by atoms with E-state index in [1.807, 2.05) is 38.5 Å². The molecule has 118 valence electrons. The van der Waals surface area contributed by atoms with Crippen LogP contribution >= 0.6 is 0 Å². The van der Waals surface area contributed by atoms with Crippen LogP contribution in [0.3, 0.4) is 0 Å². The quantitative estimate of drug-likeness (QED) is 0.757. The predicted octanol–water partition coefficient (Wildman–Crippen LogP) is 1.62. The predicted molar refractivity (Wildman–Crippen MR) is 85.8 cm³/mol. The molecule has 1 atom stereocenters. The lowest BCUT2D eigenvalue weighted by Gasteiger charge is -2.17. The van der Waals surface area contributed by atoms with Gasteiger partial charge >= 0.3 is 0 Å². The molecule has 1 unspecified atom stereocenters. The molecule has 1 aromatic carbocycles. The molecular formula is C16H22N4O2. The first-order valence-electron chi connectivity index (χ1n) is 7.26. The molecule has 3 N–H and O–H groups in total. The normalized spacial score (nSPS) is 12.0. The number of aromatic nitrogens is 2. The Labute approximate surface area is 130 Å². The molecular weight excluding hydrogens is 280 g/mol. The summed E-state index contributed by atoms with van der Waals surface area (Å²) in [5.41, 5.74) is 3.48. The van der Waals surface area contributed by atoms with Crippen LogP contribution in [0, 0.1) is 6.92 Å². The van der Waals surface area contributed by atoms with Gasteiger partial charge in [0.05, 0.1) is 18.8 Å². The average molecular weight is 302 g/mol. The molecule has 0 saturated carbocycles. The molecule has 2 aromatic rings. The summed E-state index contributed by atoms with van der Waals surface area (Å²) in [6.45, 7) is 4.14. The zero-order valence-corrected chi connectivity index (χ0v) is 13.1. The Bertz CT molecular complexity index is 651. The summed E-state index contributed by atoms with van der Waals surface area (Å²) in [5, 5.41) is 19.1. The molecule has 1 amide bonds. The maximum atomic E-state index is 12.1. The van der Waals surface area contributed by atoms with Crippen molar-refractivity contribution in [2.45, 2.75) is 19.9 Å². The second kappa shape index (κ2) is 7.09. The Morgan fingerprint density at radius 2 is 2.23 bits per heavy atom. The van der Waals surface area contributed by atoms with E-state index in [1.165, 1.54) is 0 Å². The summed E-state index contributed by atoms with van der Waals surface area (Å²) in [4.78, 5) is 12.1. The highest BCUT2D eigenvalue weighted by atomic mass is 16.3. The van der Waals surface area contributed by atoms with E-state index < -0.39 is 0 Å². The number of anilines is 1. The van der Waals surface area contributed by atoms with Gasteiger partial charge in [0.25, 0.3) is 5.91 Å². The number of benzene rings is 1. The van der Waals surface area contributed by atoms with Crippen molar-refractivity contribution in [3.05, 3.63) is 47.3 Å². The van der Waals surface area contributed by atoms with E-state index in [4.69, 9.17) is 5.11 Å². The van der Waals surface area contributed by atoms with Crippen LogP contribution in [0.15, 0.2) is 30.6 Å². The first-order valence-corrected chi connectivity index (χ1v) is 7.26. The van der Waals surface area contributed by atoms with E-state index in [9.17, 15) is 4.79 Å². The minimum Gasteiger partial charge on any atom is -0.395 e. The van der Waals surface area contributed by atoms with E-state index in [-0.39, 0.29) is 25.1 Å². The standard InChI is InChI=1S/C16H22N4O2/c1-11-14(16(22)17-7-8-21)5-4-6-15(11)19-12(2)13-9-18-20(3)10-13/h4-6,9-10,12,19,21H,7-8H2,1-3H3,(H,17,22). The molecule has 0 aliphatic carbocycles. The first-order chi connectivity index (χ1) is 10.5. The summed E-state index contributed by atoms with van der Waals surface area (Å²) in [5.74, 6) is -0.177. The van der Waals surface area contributed by atoms with Crippen molar-refractivity contribution in [1.82, 2.24) is 15.1 Å². The Balaban J connectivity index is 2.16. The average Bonchev–Trinajstić information content (AvgIpc) is 2.93. The fourth-order valence-electron chi connectivity index (χ4n) is 2.28. The number of aryl methyl sites for hydroxylation is 1. The SMILES string of the molecule is Cc1c(NC(C)c2cnn(C)c2)cccc1C(=O)NCCO.